The highest BCUT2D eigenvalue weighted by Gasteiger charge is 2.17. The second kappa shape index (κ2) is 6.10. The van der Waals surface area contributed by atoms with Gasteiger partial charge in [0.25, 0.3) is 0 Å². The molecule has 0 unspecified atom stereocenters. The second-order valence-electron chi connectivity index (χ2n) is 5.25. The quantitative estimate of drug-likeness (QED) is 0.792. The molecule has 24 heavy (non-hydrogen) atoms. The van der Waals surface area contributed by atoms with Gasteiger partial charge in [-0.25, -0.2) is 17.9 Å². The van der Waals surface area contributed by atoms with Crippen molar-refractivity contribution < 1.29 is 12.8 Å². The van der Waals surface area contributed by atoms with E-state index in [1.54, 1.807) is 12.3 Å². The van der Waals surface area contributed by atoms with E-state index in [4.69, 9.17) is 5.14 Å². The summed E-state index contributed by atoms with van der Waals surface area (Å²) in [5, 5.41) is 4.99. The van der Waals surface area contributed by atoms with Crippen LogP contribution >= 0.6 is 0 Å². The van der Waals surface area contributed by atoms with Gasteiger partial charge in [0.2, 0.25) is 10.0 Å². The number of primary sulfonamides is 1. The Hall–Kier alpha value is -2.64. The van der Waals surface area contributed by atoms with Crippen LogP contribution in [0.5, 0.6) is 0 Å². The number of nitrogens with two attached hydrogens (primary N) is 1. The molecule has 3 aromatic rings. The van der Waals surface area contributed by atoms with Crippen molar-refractivity contribution in [3.63, 3.8) is 0 Å². The van der Waals surface area contributed by atoms with E-state index in [2.05, 4.69) is 9.97 Å². The number of pyridine rings is 2. The molecule has 3 rings (SSSR count). The molecule has 2 N–H and O–H groups in total. The number of benzene rings is 1. The first-order valence-corrected chi connectivity index (χ1v) is 8.62. The molecule has 0 amide bonds. The van der Waals surface area contributed by atoms with Crippen LogP contribution in [0.2, 0.25) is 0 Å². The average Bonchev–Trinajstić information content (AvgIpc) is 2.53. The third-order valence-corrected chi connectivity index (χ3v) is 4.43. The molecule has 1 aromatic carbocycles. The smallest absolute Gasteiger partial charge is 0.240 e. The highest BCUT2D eigenvalue weighted by atomic mass is 32.2. The van der Waals surface area contributed by atoms with Gasteiger partial charge in [-0.1, -0.05) is 12.1 Å². The zero-order valence-corrected chi connectivity index (χ0v) is 13.6. The molecule has 0 atom stereocenters. The molecule has 2 heterocycles. The zero-order valence-electron chi connectivity index (χ0n) is 12.8. The van der Waals surface area contributed by atoms with E-state index in [1.165, 1.54) is 6.07 Å². The van der Waals surface area contributed by atoms with Crippen LogP contribution in [0.3, 0.4) is 0 Å². The molecule has 0 aliphatic carbocycles. The van der Waals surface area contributed by atoms with Gasteiger partial charge in [0.05, 0.1) is 11.4 Å². The summed E-state index contributed by atoms with van der Waals surface area (Å²) in [7, 11) is -4.11. The Labute approximate surface area is 139 Å². The van der Waals surface area contributed by atoms with E-state index in [-0.39, 0.29) is 0 Å². The molecule has 2 aromatic heterocycles. The summed E-state index contributed by atoms with van der Waals surface area (Å²) < 4.78 is 36.8. The third-order valence-electron chi connectivity index (χ3n) is 3.48. The molecular formula is C17H14FN3O2S. The second-order valence-corrected chi connectivity index (χ2v) is 6.78. The summed E-state index contributed by atoms with van der Waals surface area (Å²) in [5.41, 5.74) is 3.23. The van der Waals surface area contributed by atoms with Gasteiger partial charge < -0.3 is 0 Å². The maximum absolute atomic E-state index is 14.1. The topological polar surface area (TPSA) is 85.9 Å². The molecule has 7 heteroatoms. The van der Waals surface area contributed by atoms with Crippen LogP contribution in [0, 0.1) is 12.7 Å². The number of hydrogen-bond acceptors (Lipinski definition) is 4. The van der Waals surface area contributed by atoms with Gasteiger partial charge in [0.1, 0.15) is 10.7 Å². The molecule has 0 radical (unpaired) electrons. The normalized spacial score (nSPS) is 11.5. The Morgan fingerprint density at radius 1 is 1.08 bits per heavy atom. The summed E-state index contributed by atoms with van der Waals surface area (Å²) in [5.74, 6) is -0.913. The van der Waals surface area contributed by atoms with Crippen LogP contribution in [-0.4, -0.2) is 18.4 Å². The lowest BCUT2D eigenvalue weighted by atomic mass is 10.0. The molecule has 0 fully saturated rings. The van der Waals surface area contributed by atoms with E-state index in [0.717, 1.165) is 23.4 Å². The molecular weight excluding hydrogens is 329 g/mol. The van der Waals surface area contributed by atoms with E-state index in [9.17, 15) is 12.8 Å². The van der Waals surface area contributed by atoms with Crippen LogP contribution in [0.25, 0.3) is 22.5 Å². The van der Waals surface area contributed by atoms with E-state index >= 15 is 0 Å². The number of aryl methyl sites for hydroxylation is 1. The SMILES string of the molecule is Cc1cccc(-c2cccnc2-c2ccc(S(N)(=O)=O)c(F)c2)n1. The minimum Gasteiger partial charge on any atom is -0.256 e. The van der Waals surface area contributed by atoms with Gasteiger partial charge in [0.15, 0.2) is 0 Å². The Kier molecular flexibility index (Phi) is 4.13. The Balaban J connectivity index is 2.16. The maximum Gasteiger partial charge on any atom is 0.240 e. The van der Waals surface area contributed by atoms with Gasteiger partial charge >= 0.3 is 0 Å². The highest BCUT2D eigenvalue weighted by molar-refractivity contribution is 7.89. The number of hydrogen-bond donors (Lipinski definition) is 1. The molecule has 5 nitrogen and oxygen atoms in total. The number of aromatic nitrogens is 2. The lowest BCUT2D eigenvalue weighted by molar-refractivity contribution is 0.568. The average molecular weight is 343 g/mol. The van der Waals surface area contributed by atoms with Crippen molar-refractivity contribution in [2.75, 3.05) is 0 Å². The van der Waals surface area contributed by atoms with Crippen LogP contribution in [0.4, 0.5) is 4.39 Å². The molecule has 0 aliphatic rings. The standard InChI is InChI=1S/C17H14FN3O2S/c1-11-4-2-6-15(21-11)13-5-3-9-20-17(13)12-7-8-16(14(18)10-12)24(19,22)23/h2-10H,1H3,(H2,19,22,23). The van der Waals surface area contributed by atoms with Crippen molar-refractivity contribution in [2.24, 2.45) is 5.14 Å². The van der Waals surface area contributed by atoms with Gasteiger partial charge in [-0.2, -0.15) is 0 Å². The minimum atomic E-state index is -4.11. The summed E-state index contributed by atoms with van der Waals surface area (Å²) in [6.45, 7) is 1.88. The molecule has 0 aliphatic heterocycles. The van der Waals surface area contributed by atoms with Crippen molar-refractivity contribution >= 4 is 10.0 Å². The first-order chi connectivity index (χ1) is 11.4. The molecule has 0 saturated heterocycles. The lowest BCUT2D eigenvalue weighted by Crippen LogP contribution is -2.14. The molecule has 0 saturated carbocycles. The van der Waals surface area contributed by atoms with Crippen LogP contribution in [0.15, 0.2) is 59.6 Å². The van der Waals surface area contributed by atoms with Crippen LogP contribution < -0.4 is 5.14 Å². The van der Waals surface area contributed by atoms with Crippen molar-refractivity contribution in [2.45, 2.75) is 11.8 Å². The van der Waals surface area contributed by atoms with E-state index in [0.29, 0.717) is 17.0 Å². The third kappa shape index (κ3) is 3.17. The fourth-order valence-corrected chi connectivity index (χ4v) is 3.00. The Morgan fingerprint density at radius 3 is 2.54 bits per heavy atom. The molecule has 0 spiro atoms. The van der Waals surface area contributed by atoms with Crippen molar-refractivity contribution in [3.8, 4) is 22.5 Å². The summed E-state index contributed by atoms with van der Waals surface area (Å²) in [6, 6.07) is 12.9. The van der Waals surface area contributed by atoms with Crippen molar-refractivity contribution in [3.05, 3.63) is 66.2 Å². The van der Waals surface area contributed by atoms with E-state index in [1.807, 2.05) is 31.2 Å². The maximum atomic E-state index is 14.1. The van der Waals surface area contributed by atoms with Gasteiger partial charge in [-0.05, 0) is 43.3 Å². The lowest BCUT2D eigenvalue weighted by Gasteiger charge is -2.10. The number of rotatable bonds is 3. The summed E-state index contributed by atoms with van der Waals surface area (Å²) in [6.07, 6.45) is 1.58. The first-order valence-electron chi connectivity index (χ1n) is 7.08. The van der Waals surface area contributed by atoms with Crippen molar-refractivity contribution in [1.82, 2.24) is 9.97 Å². The van der Waals surface area contributed by atoms with Crippen molar-refractivity contribution in [1.29, 1.82) is 0 Å². The predicted octanol–water partition coefficient (Wildman–Crippen LogP) is 2.91. The monoisotopic (exact) mass is 343 g/mol. The fraction of sp³-hybridized carbons (Fsp3) is 0.0588. The molecule has 0 bridgehead atoms. The summed E-state index contributed by atoms with van der Waals surface area (Å²) >= 11 is 0. The fourth-order valence-electron chi connectivity index (χ4n) is 2.41. The van der Waals surface area contributed by atoms with Crippen LogP contribution in [-0.2, 0) is 10.0 Å². The first kappa shape index (κ1) is 16.2. The minimum absolute atomic E-state index is 0.443. The van der Waals surface area contributed by atoms with Gasteiger partial charge in [-0.15, -0.1) is 0 Å². The number of halogens is 1. The summed E-state index contributed by atoms with van der Waals surface area (Å²) in [4.78, 5) is 8.22. The van der Waals surface area contributed by atoms with E-state index < -0.39 is 20.7 Å². The van der Waals surface area contributed by atoms with Gasteiger partial charge in [-0.3, -0.25) is 9.97 Å². The Bertz CT molecular complexity index is 1020. The zero-order chi connectivity index (χ0) is 17.3. The van der Waals surface area contributed by atoms with Crippen LogP contribution in [0.1, 0.15) is 5.69 Å². The predicted molar refractivity (Wildman–Crippen MR) is 89.0 cm³/mol. The largest absolute Gasteiger partial charge is 0.256 e. The highest BCUT2D eigenvalue weighted by Crippen LogP contribution is 2.30. The Morgan fingerprint density at radius 2 is 1.88 bits per heavy atom. The number of sulfonamides is 1. The van der Waals surface area contributed by atoms with Gasteiger partial charge in [0, 0.05) is 23.0 Å². The molecule has 122 valence electrons. The number of nitrogens with zero attached hydrogens (tertiary/aromatic N) is 2.